The summed E-state index contributed by atoms with van der Waals surface area (Å²) in [7, 11) is -4.49. The van der Waals surface area contributed by atoms with E-state index < -0.39 is 62.1 Å². The van der Waals surface area contributed by atoms with Crippen molar-refractivity contribution in [1.29, 1.82) is 0 Å². The zero-order valence-electron chi connectivity index (χ0n) is 18.0. The third-order valence-corrected chi connectivity index (χ3v) is 7.74. The van der Waals surface area contributed by atoms with Crippen LogP contribution in [-0.2, 0) is 22.7 Å². The third kappa shape index (κ3) is 4.35. The number of primary sulfonamides is 1. The molecule has 3 fully saturated rings. The van der Waals surface area contributed by atoms with E-state index in [0.29, 0.717) is 25.3 Å². The van der Waals surface area contributed by atoms with E-state index in [9.17, 15) is 40.4 Å². The summed E-state index contributed by atoms with van der Waals surface area (Å²) in [5, 5.41) is 22.0. The highest BCUT2D eigenvalue weighted by atomic mass is 32.2. The molecular formula is C20H20F5N5O4S. The molecule has 9 nitrogen and oxygen atoms in total. The number of aromatic nitrogens is 3. The molecule has 3 aliphatic rings. The summed E-state index contributed by atoms with van der Waals surface area (Å²) in [5.74, 6) is -5.05. The van der Waals surface area contributed by atoms with Gasteiger partial charge in [0.05, 0.1) is 11.4 Å². The van der Waals surface area contributed by atoms with E-state index in [2.05, 4.69) is 10.4 Å². The van der Waals surface area contributed by atoms with Crippen LogP contribution in [0.4, 0.5) is 27.6 Å². The number of nitrogens with zero attached hydrogens (tertiary/aromatic N) is 3. The molecule has 15 heteroatoms. The number of sulfonamides is 1. The first-order chi connectivity index (χ1) is 16.1. The van der Waals surface area contributed by atoms with Crippen LogP contribution in [-0.4, -0.2) is 30.0 Å². The number of rotatable bonds is 6. The van der Waals surface area contributed by atoms with Crippen molar-refractivity contribution in [3.8, 4) is 0 Å². The van der Waals surface area contributed by atoms with Gasteiger partial charge in [0.2, 0.25) is 5.92 Å². The van der Waals surface area contributed by atoms with Crippen molar-refractivity contribution >= 4 is 21.6 Å². The van der Waals surface area contributed by atoms with Crippen LogP contribution in [0.25, 0.3) is 0 Å². The first-order valence-electron chi connectivity index (χ1n) is 10.7. The summed E-state index contributed by atoms with van der Waals surface area (Å²) >= 11 is 0. The molecule has 0 aromatic carbocycles. The van der Waals surface area contributed by atoms with Crippen molar-refractivity contribution in [2.24, 2.45) is 16.5 Å². The Labute approximate surface area is 195 Å². The van der Waals surface area contributed by atoms with E-state index in [0.717, 1.165) is 16.9 Å². The van der Waals surface area contributed by atoms with Crippen LogP contribution in [0, 0.1) is 16.5 Å². The lowest BCUT2D eigenvalue weighted by atomic mass is 10.0. The summed E-state index contributed by atoms with van der Waals surface area (Å²) in [6.07, 6.45) is -3.77. The molecule has 5 rings (SSSR count). The number of hydrogen-bond acceptors (Lipinski definition) is 5. The first kappa shape index (κ1) is 23.9. The maximum atomic E-state index is 14.1. The van der Waals surface area contributed by atoms with Gasteiger partial charge in [0.15, 0.2) is 6.20 Å². The maximum absolute atomic E-state index is 14.1. The van der Waals surface area contributed by atoms with E-state index in [1.807, 2.05) is 0 Å². The quantitative estimate of drug-likeness (QED) is 0.343. The Hall–Kier alpha value is -2.81. The van der Waals surface area contributed by atoms with E-state index in [1.165, 1.54) is 0 Å². The fourth-order valence-corrected chi connectivity index (χ4v) is 5.72. The maximum Gasteiger partial charge on any atom is 0.420 e. The fourth-order valence-electron chi connectivity index (χ4n) is 5.12. The second kappa shape index (κ2) is 7.35. The number of amides is 1. The number of halogens is 5. The van der Waals surface area contributed by atoms with Gasteiger partial charge in [-0.15, -0.1) is 0 Å². The second-order valence-corrected chi connectivity index (χ2v) is 11.1. The number of carbonyl (C=O) groups is 1. The topological polar surface area (TPSA) is 134 Å². The number of nitrogens with one attached hydrogen (secondary N) is 1. The molecule has 2 aromatic rings. The van der Waals surface area contributed by atoms with Crippen molar-refractivity contribution in [2.75, 3.05) is 5.32 Å². The molecule has 0 bridgehead atoms. The van der Waals surface area contributed by atoms with Crippen LogP contribution in [0.2, 0.25) is 0 Å². The van der Waals surface area contributed by atoms with Crippen LogP contribution in [0.3, 0.4) is 0 Å². The molecule has 2 aromatic heterocycles. The van der Waals surface area contributed by atoms with Crippen molar-refractivity contribution < 1.29 is 39.9 Å². The van der Waals surface area contributed by atoms with Gasteiger partial charge in [-0.2, -0.15) is 23.0 Å². The lowest BCUT2D eigenvalue weighted by Crippen LogP contribution is -2.36. The highest BCUT2D eigenvalue weighted by Crippen LogP contribution is 2.68. The summed E-state index contributed by atoms with van der Waals surface area (Å²) in [4.78, 5) is 13.1. The number of nitrogens with two attached hydrogens (primary N) is 1. The molecule has 0 radical (unpaired) electrons. The molecule has 35 heavy (non-hydrogen) atoms. The number of alkyl halides is 5. The Bertz CT molecular complexity index is 1340. The van der Waals surface area contributed by atoms with Gasteiger partial charge < -0.3 is 10.5 Å². The first-order valence-corrected chi connectivity index (χ1v) is 12.3. The molecular weight excluding hydrogens is 501 g/mol. The SMILES string of the molecule is NS(=O)(=O)c1cc(NC(=O)c2c(C(F)(F)F)c(C3CC3)nn2CC23CC2CC(F)(F)C3)cc[n+]1[O-]. The van der Waals surface area contributed by atoms with Crippen LogP contribution in [0.5, 0.6) is 0 Å². The largest absolute Gasteiger partial charge is 0.618 e. The molecule has 190 valence electrons. The number of anilines is 1. The Morgan fingerprint density at radius 3 is 2.54 bits per heavy atom. The number of fused-ring (bicyclic) bond motifs is 1. The van der Waals surface area contributed by atoms with Crippen LogP contribution in [0.1, 0.15) is 59.8 Å². The molecule has 2 heterocycles. The van der Waals surface area contributed by atoms with Crippen LogP contribution >= 0.6 is 0 Å². The minimum atomic E-state index is -4.95. The van der Waals surface area contributed by atoms with E-state index >= 15 is 0 Å². The van der Waals surface area contributed by atoms with Gasteiger partial charge in [-0.25, -0.2) is 22.3 Å². The highest BCUT2D eigenvalue weighted by Gasteiger charge is 2.67. The summed E-state index contributed by atoms with van der Waals surface area (Å²) in [5.41, 5.74) is -3.62. The normalized spacial score (nSPS) is 25.4. The minimum absolute atomic E-state index is 0.0752. The van der Waals surface area contributed by atoms with Crippen molar-refractivity contribution in [2.45, 2.75) is 61.7 Å². The molecule has 2 unspecified atom stereocenters. The number of hydrogen-bond donors (Lipinski definition) is 2. The molecule has 3 saturated carbocycles. The van der Waals surface area contributed by atoms with Gasteiger partial charge in [0.1, 0.15) is 11.3 Å². The van der Waals surface area contributed by atoms with Gasteiger partial charge in [0.25, 0.3) is 15.9 Å². The minimum Gasteiger partial charge on any atom is -0.618 e. The van der Waals surface area contributed by atoms with Crippen LogP contribution < -0.4 is 15.2 Å². The fraction of sp³-hybridized carbons (Fsp3) is 0.550. The Balaban J connectivity index is 1.55. The molecule has 1 amide bonds. The summed E-state index contributed by atoms with van der Waals surface area (Å²) < 4.78 is 94.2. The van der Waals surface area contributed by atoms with E-state index in [1.54, 1.807) is 0 Å². The van der Waals surface area contributed by atoms with Crippen molar-refractivity contribution in [3.05, 3.63) is 40.5 Å². The lowest BCUT2D eigenvalue weighted by molar-refractivity contribution is -0.646. The average molecular weight is 521 g/mol. The van der Waals surface area contributed by atoms with Gasteiger partial charge in [-0.1, -0.05) is 0 Å². The van der Waals surface area contributed by atoms with Crippen LogP contribution in [0.15, 0.2) is 23.4 Å². The Kier molecular flexibility index (Phi) is 5.02. The van der Waals surface area contributed by atoms with Gasteiger partial charge in [-0.05, 0) is 30.6 Å². The van der Waals surface area contributed by atoms with E-state index in [4.69, 9.17) is 5.14 Å². The standard InChI is InChI=1S/C20H20F5N5O4S/c21-19(22)7-11-6-18(11,8-19)9-29-16(14(20(23,24)25)15(28-29)10-1-2-10)17(31)27-12-3-4-30(32)13(5-12)35(26,33)34/h3-5,10-11H,1-2,6-9H2,(H,27,31)(H2,26,33,34). The number of pyridine rings is 1. The monoisotopic (exact) mass is 521 g/mol. The molecule has 2 atom stereocenters. The molecule has 3 N–H and O–H groups in total. The van der Waals surface area contributed by atoms with Gasteiger partial charge >= 0.3 is 11.2 Å². The Morgan fingerprint density at radius 1 is 1.31 bits per heavy atom. The van der Waals surface area contributed by atoms with Gasteiger partial charge in [-0.3, -0.25) is 9.48 Å². The molecule has 0 aliphatic heterocycles. The predicted octanol–water partition coefficient (Wildman–Crippen LogP) is 2.75. The highest BCUT2D eigenvalue weighted by molar-refractivity contribution is 7.89. The lowest BCUT2D eigenvalue weighted by Gasteiger charge is -2.18. The van der Waals surface area contributed by atoms with Crippen molar-refractivity contribution in [1.82, 2.24) is 9.78 Å². The molecule has 0 spiro atoms. The second-order valence-electron chi connectivity index (χ2n) is 9.62. The summed E-state index contributed by atoms with van der Waals surface area (Å²) in [6, 6.07) is 1.70. The number of carbonyl (C=O) groups excluding carboxylic acids is 1. The third-order valence-electron chi connectivity index (χ3n) is 6.86. The average Bonchev–Trinajstić information content (AvgIpc) is 3.58. The van der Waals surface area contributed by atoms with Gasteiger partial charge in [0, 0.05) is 37.4 Å². The smallest absolute Gasteiger partial charge is 0.420 e. The zero-order chi connectivity index (χ0) is 25.6. The van der Waals surface area contributed by atoms with Crippen molar-refractivity contribution in [3.63, 3.8) is 0 Å². The predicted molar refractivity (Wildman–Crippen MR) is 109 cm³/mol. The van der Waals surface area contributed by atoms with E-state index in [-0.39, 0.29) is 35.0 Å². The summed E-state index contributed by atoms with van der Waals surface area (Å²) in [6.45, 7) is -0.274. The molecule has 0 saturated heterocycles. The Morgan fingerprint density at radius 2 is 2.00 bits per heavy atom. The zero-order valence-corrected chi connectivity index (χ0v) is 18.8. The molecule has 3 aliphatic carbocycles.